The second-order valence-corrected chi connectivity index (χ2v) is 4.57. The zero-order valence-electron chi connectivity index (χ0n) is 10.6. The summed E-state index contributed by atoms with van der Waals surface area (Å²) in [7, 11) is 0. The maximum atomic E-state index is 8.65. The highest BCUT2D eigenvalue weighted by Crippen LogP contribution is 2.22. The van der Waals surface area contributed by atoms with E-state index >= 15 is 0 Å². The molecule has 0 unspecified atom stereocenters. The monoisotopic (exact) mass is 249 g/mol. The van der Waals surface area contributed by atoms with Gasteiger partial charge in [-0.15, -0.1) is 0 Å². The molecule has 0 atom stereocenters. The van der Waals surface area contributed by atoms with Gasteiger partial charge >= 0.3 is 0 Å². The summed E-state index contributed by atoms with van der Waals surface area (Å²) >= 11 is 0. The van der Waals surface area contributed by atoms with E-state index in [-0.39, 0.29) is 5.84 Å². The first-order valence-corrected chi connectivity index (χ1v) is 6.30. The zero-order valence-corrected chi connectivity index (χ0v) is 10.6. The molecule has 6 nitrogen and oxygen atoms in total. The molecule has 0 aliphatic carbocycles. The number of anilines is 1. The van der Waals surface area contributed by atoms with Gasteiger partial charge in [-0.3, -0.25) is 0 Å². The van der Waals surface area contributed by atoms with Crippen molar-refractivity contribution in [3.05, 3.63) is 18.0 Å². The molecule has 1 saturated heterocycles. The molecule has 98 valence electrons. The Morgan fingerprint density at radius 3 is 2.89 bits per heavy atom. The molecule has 1 aromatic heterocycles. The molecular weight excluding hydrogens is 230 g/mol. The first-order chi connectivity index (χ1) is 8.74. The summed E-state index contributed by atoms with van der Waals surface area (Å²) in [4.78, 5) is 10.7. The Hall–Kier alpha value is -1.85. The minimum atomic E-state index is 0.0158. The number of hydrogen-bond donors (Lipinski definition) is 2. The molecular formula is C12H19N5O. The normalized spacial score (nSPS) is 18.1. The van der Waals surface area contributed by atoms with Gasteiger partial charge in [0.25, 0.3) is 0 Å². The molecule has 3 N–H and O–H groups in total. The highest BCUT2D eigenvalue weighted by molar-refractivity contribution is 5.95. The van der Waals surface area contributed by atoms with Crippen LogP contribution < -0.4 is 10.6 Å². The minimum Gasteiger partial charge on any atom is -0.409 e. The van der Waals surface area contributed by atoms with Gasteiger partial charge in [-0.2, -0.15) is 0 Å². The van der Waals surface area contributed by atoms with Crippen molar-refractivity contribution < 1.29 is 5.21 Å². The lowest BCUT2D eigenvalue weighted by atomic mass is 9.95. The molecule has 1 aliphatic rings. The summed E-state index contributed by atoms with van der Waals surface area (Å²) in [6.45, 7) is 4.17. The van der Waals surface area contributed by atoms with Crippen LogP contribution in [0, 0.1) is 5.92 Å². The Bertz CT molecular complexity index is 426. The summed E-state index contributed by atoms with van der Waals surface area (Å²) < 4.78 is 0. The molecule has 0 spiro atoms. The fourth-order valence-corrected chi connectivity index (χ4v) is 2.24. The predicted molar refractivity (Wildman–Crippen MR) is 69.8 cm³/mol. The lowest BCUT2D eigenvalue weighted by Gasteiger charge is -2.31. The number of oxime groups is 1. The molecule has 1 aromatic rings. The first kappa shape index (κ1) is 12.6. The third-order valence-electron chi connectivity index (χ3n) is 3.49. The molecule has 2 rings (SSSR count). The maximum absolute atomic E-state index is 8.65. The van der Waals surface area contributed by atoms with Gasteiger partial charge < -0.3 is 15.8 Å². The molecule has 0 aromatic carbocycles. The second-order valence-electron chi connectivity index (χ2n) is 4.57. The summed E-state index contributed by atoms with van der Waals surface area (Å²) in [6, 6.07) is 1.64. The maximum Gasteiger partial charge on any atom is 0.225 e. The average Bonchev–Trinajstić information content (AvgIpc) is 2.46. The van der Waals surface area contributed by atoms with Gasteiger partial charge in [-0.25, -0.2) is 9.97 Å². The number of aromatic nitrogens is 2. The van der Waals surface area contributed by atoms with Crippen molar-refractivity contribution >= 4 is 11.8 Å². The molecule has 0 bridgehead atoms. The van der Waals surface area contributed by atoms with E-state index in [4.69, 9.17) is 10.9 Å². The fourth-order valence-electron chi connectivity index (χ4n) is 2.24. The zero-order chi connectivity index (χ0) is 13.0. The van der Waals surface area contributed by atoms with Crippen LogP contribution in [0.4, 0.5) is 5.95 Å². The van der Waals surface area contributed by atoms with E-state index in [2.05, 4.69) is 26.9 Å². The van der Waals surface area contributed by atoms with Gasteiger partial charge in [0.1, 0.15) is 5.69 Å². The average molecular weight is 249 g/mol. The van der Waals surface area contributed by atoms with Crippen molar-refractivity contribution in [3.63, 3.8) is 0 Å². The van der Waals surface area contributed by atoms with Crippen LogP contribution >= 0.6 is 0 Å². The van der Waals surface area contributed by atoms with E-state index in [1.54, 1.807) is 12.3 Å². The van der Waals surface area contributed by atoms with Crippen molar-refractivity contribution in [1.82, 2.24) is 9.97 Å². The summed E-state index contributed by atoms with van der Waals surface area (Å²) in [5, 5.41) is 11.6. The number of nitrogens with zero attached hydrogens (tertiary/aromatic N) is 4. The van der Waals surface area contributed by atoms with Gasteiger partial charge in [0, 0.05) is 19.3 Å². The Kier molecular flexibility index (Phi) is 3.96. The molecule has 1 aliphatic heterocycles. The Balaban J connectivity index is 2.10. The van der Waals surface area contributed by atoms with Crippen LogP contribution in [0.25, 0.3) is 0 Å². The van der Waals surface area contributed by atoms with Crippen molar-refractivity contribution in [2.45, 2.75) is 26.2 Å². The summed E-state index contributed by atoms with van der Waals surface area (Å²) in [6.07, 6.45) is 5.22. The molecule has 0 radical (unpaired) electrons. The Morgan fingerprint density at radius 1 is 1.56 bits per heavy atom. The standard InChI is InChI=1S/C12H19N5O/c1-2-9-4-7-17(8-5-9)12-14-6-3-10(15-12)11(13)16-18/h3,6,9,18H,2,4-5,7-8H2,1H3,(H2,13,16). The first-order valence-electron chi connectivity index (χ1n) is 6.30. The van der Waals surface area contributed by atoms with Crippen LogP contribution in [-0.2, 0) is 0 Å². The van der Waals surface area contributed by atoms with Crippen LogP contribution in [0.2, 0.25) is 0 Å². The SMILES string of the molecule is CCC1CCN(c2nccc(/C(N)=N/O)n2)CC1. The largest absolute Gasteiger partial charge is 0.409 e. The molecule has 0 amide bonds. The van der Waals surface area contributed by atoms with E-state index in [0.717, 1.165) is 19.0 Å². The van der Waals surface area contributed by atoms with Gasteiger partial charge in [0.05, 0.1) is 0 Å². The topological polar surface area (TPSA) is 87.6 Å². The summed E-state index contributed by atoms with van der Waals surface area (Å²) in [5.74, 6) is 1.49. The van der Waals surface area contributed by atoms with Crippen LogP contribution in [-0.4, -0.2) is 34.1 Å². The third kappa shape index (κ3) is 2.69. The molecule has 6 heteroatoms. The van der Waals surface area contributed by atoms with Crippen molar-refractivity contribution in [1.29, 1.82) is 0 Å². The number of amidine groups is 1. The van der Waals surface area contributed by atoms with Crippen molar-refractivity contribution in [2.24, 2.45) is 16.8 Å². The minimum absolute atomic E-state index is 0.0158. The molecule has 0 saturated carbocycles. The van der Waals surface area contributed by atoms with E-state index in [1.807, 2.05) is 0 Å². The summed E-state index contributed by atoms with van der Waals surface area (Å²) in [5.41, 5.74) is 5.99. The second kappa shape index (κ2) is 5.66. The molecule has 1 fully saturated rings. The third-order valence-corrected chi connectivity index (χ3v) is 3.49. The smallest absolute Gasteiger partial charge is 0.225 e. The Morgan fingerprint density at radius 2 is 2.28 bits per heavy atom. The van der Waals surface area contributed by atoms with E-state index in [1.165, 1.54) is 19.3 Å². The van der Waals surface area contributed by atoms with Crippen LogP contribution in [0.1, 0.15) is 31.9 Å². The fraction of sp³-hybridized carbons (Fsp3) is 0.583. The van der Waals surface area contributed by atoms with Crippen LogP contribution in [0.5, 0.6) is 0 Å². The number of rotatable bonds is 3. The number of piperidine rings is 1. The highest BCUT2D eigenvalue weighted by Gasteiger charge is 2.20. The van der Waals surface area contributed by atoms with E-state index in [9.17, 15) is 0 Å². The van der Waals surface area contributed by atoms with Crippen LogP contribution in [0.3, 0.4) is 0 Å². The molecule has 2 heterocycles. The number of nitrogens with two attached hydrogens (primary N) is 1. The predicted octanol–water partition coefficient (Wildman–Crippen LogP) is 1.20. The molecule has 18 heavy (non-hydrogen) atoms. The lowest BCUT2D eigenvalue weighted by molar-refractivity contribution is 0.318. The number of hydrogen-bond acceptors (Lipinski definition) is 5. The quantitative estimate of drug-likeness (QED) is 0.364. The Labute approximate surface area is 107 Å². The van der Waals surface area contributed by atoms with Gasteiger partial charge in [-0.1, -0.05) is 18.5 Å². The van der Waals surface area contributed by atoms with Gasteiger partial charge in [0.2, 0.25) is 5.95 Å². The van der Waals surface area contributed by atoms with Gasteiger partial charge in [0.15, 0.2) is 5.84 Å². The van der Waals surface area contributed by atoms with E-state index < -0.39 is 0 Å². The van der Waals surface area contributed by atoms with E-state index in [0.29, 0.717) is 11.6 Å². The van der Waals surface area contributed by atoms with Crippen molar-refractivity contribution in [3.8, 4) is 0 Å². The lowest BCUT2D eigenvalue weighted by Crippen LogP contribution is -2.35. The van der Waals surface area contributed by atoms with Crippen LogP contribution in [0.15, 0.2) is 17.4 Å². The highest BCUT2D eigenvalue weighted by atomic mass is 16.4. The van der Waals surface area contributed by atoms with Crippen molar-refractivity contribution in [2.75, 3.05) is 18.0 Å². The van der Waals surface area contributed by atoms with Gasteiger partial charge in [-0.05, 0) is 24.8 Å².